The summed E-state index contributed by atoms with van der Waals surface area (Å²) in [5.74, 6) is 0.193. The minimum absolute atomic E-state index is 0.162. The van der Waals surface area contributed by atoms with E-state index < -0.39 is 0 Å². The quantitative estimate of drug-likeness (QED) is 0.484. The Morgan fingerprint density at radius 1 is 1.12 bits per heavy atom. The van der Waals surface area contributed by atoms with Crippen LogP contribution in [0.25, 0.3) is 0 Å². The highest BCUT2D eigenvalue weighted by atomic mass is 32.1. The van der Waals surface area contributed by atoms with Gasteiger partial charge in [0, 0.05) is 17.1 Å². The Morgan fingerprint density at radius 2 is 1.75 bits per heavy atom. The predicted molar refractivity (Wildman–Crippen MR) is 76.6 cm³/mol. The normalized spacial score (nSPS) is 19.1. The fraction of sp³-hybridized carbons (Fsp3) is 1.00. The van der Waals surface area contributed by atoms with Crippen LogP contribution in [-0.4, -0.2) is 33.4 Å². The van der Waals surface area contributed by atoms with Crippen LogP contribution in [0, 0.1) is 5.92 Å². The van der Waals surface area contributed by atoms with E-state index in [1.54, 1.807) is 0 Å². The Kier molecular flexibility index (Phi) is 10.0. The summed E-state index contributed by atoms with van der Waals surface area (Å²) in [6.07, 6.45) is 4.23. The minimum atomic E-state index is -0.283. The standard InChI is InChI=1S/C12H26O2S2/c1-3-4-11(15)7-10(14)5-6-12(16)9(2)8-13/h9-16H,3-8H2,1-2H3. The molecule has 0 fully saturated rings. The largest absolute Gasteiger partial charge is 0.396 e. The number of aliphatic hydroxyl groups is 2. The van der Waals surface area contributed by atoms with Crippen molar-refractivity contribution >= 4 is 25.3 Å². The Hall–Kier alpha value is 0.620. The average molecular weight is 266 g/mol. The van der Waals surface area contributed by atoms with Gasteiger partial charge in [-0.05, 0) is 31.6 Å². The maximum atomic E-state index is 9.80. The smallest absolute Gasteiger partial charge is 0.0551 e. The molecule has 0 saturated heterocycles. The molecule has 0 heterocycles. The maximum Gasteiger partial charge on any atom is 0.0551 e. The molecule has 4 heteroatoms. The van der Waals surface area contributed by atoms with Crippen LogP contribution in [0.1, 0.15) is 46.0 Å². The van der Waals surface area contributed by atoms with Crippen LogP contribution in [0.5, 0.6) is 0 Å². The van der Waals surface area contributed by atoms with Gasteiger partial charge in [0.1, 0.15) is 0 Å². The summed E-state index contributed by atoms with van der Waals surface area (Å²) in [6.45, 7) is 4.26. The summed E-state index contributed by atoms with van der Waals surface area (Å²) < 4.78 is 0. The van der Waals surface area contributed by atoms with E-state index in [9.17, 15) is 5.11 Å². The third kappa shape index (κ3) is 7.82. The van der Waals surface area contributed by atoms with Crippen LogP contribution in [-0.2, 0) is 0 Å². The number of hydrogen-bond acceptors (Lipinski definition) is 4. The molecule has 0 aromatic heterocycles. The SMILES string of the molecule is CCCC(S)CC(O)CCC(S)C(C)CO. The van der Waals surface area contributed by atoms with Gasteiger partial charge in [-0.3, -0.25) is 0 Å². The lowest BCUT2D eigenvalue weighted by atomic mass is 10.00. The van der Waals surface area contributed by atoms with Crippen molar-refractivity contribution in [3.05, 3.63) is 0 Å². The first-order valence-electron chi connectivity index (χ1n) is 6.16. The molecular formula is C12H26O2S2. The summed E-state index contributed by atoms with van der Waals surface area (Å²) >= 11 is 8.86. The number of rotatable bonds is 9. The average Bonchev–Trinajstić information content (AvgIpc) is 2.24. The van der Waals surface area contributed by atoms with E-state index >= 15 is 0 Å². The Morgan fingerprint density at radius 3 is 2.25 bits per heavy atom. The zero-order chi connectivity index (χ0) is 12.6. The second-order valence-corrected chi connectivity index (χ2v) is 6.03. The van der Waals surface area contributed by atoms with Crippen molar-refractivity contribution in [1.29, 1.82) is 0 Å². The molecule has 0 radical (unpaired) electrons. The summed E-state index contributed by atoms with van der Waals surface area (Å²) in [4.78, 5) is 0. The van der Waals surface area contributed by atoms with Crippen molar-refractivity contribution in [1.82, 2.24) is 0 Å². The Bertz CT molecular complexity index is 167. The second kappa shape index (κ2) is 9.63. The van der Waals surface area contributed by atoms with E-state index in [1.807, 2.05) is 6.92 Å². The molecule has 4 unspecified atom stereocenters. The number of thiol groups is 2. The predicted octanol–water partition coefficient (Wildman–Crippen LogP) is 2.54. The van der Waals surface area contributed by atoms with Crippen molar-refractivity contribution in [2.45, 2.75) is 62.6 Å². The van der Waals surface area contributed by atoms with E-state index in [-0.39, 0.29) is 23.9 Å². The highest BCUT2D eigenvalue weighted by Crippen LogP contribution is 2.19. The van der Waals surface area contributed by atoms with Gasteiger partial charge < -0.3 is 10.2 Å². The molecule has 0 saturated carbocycles. The molecule has 0 aromatic carbocycles. The van der Waals surface area contributed by atoms with Gasteiger partial charge in [-0.15, -0.1) is 0 Å². The van der Waals surface area contributed by atoms with Crippen LogP contribution >= 0.6 is 25.3 Å². The minimum Gasteiger partial charge on any atom is -0.396 e. The molecule has 0 bridgehead atoms. The van der Waals surface area contributed by atoms with Gasteiger partial charge in [0.05, 0.1) is 6.10 Å². The molecule has 0 amide bonds. The maximum absolute atomic E-state index is 9.80. The van der Waals surface area contributed by atoms with E-state index in [0.29, 0.717) is 5.25 Å². The molecule has 0 spiro atoms. The van der Waals surface area contributed by atoms with Gasteiger partial charge in [-0.1, -0.05) is 20.3 Å². The highest BCUT2D eigenvalue weighted by molar-refractivity contribution is 7.81. The fourth-order valence-electron chi connectivity index (χ4n) is 1.65. The topological polar surface area (TPSA) is 40.5 Å². The number of hydrogen-bond donors (Lipinski definition) is 4. The van der Waals surface area contributed by atoms with Gasteiger partial charge in [-0.2, -0.15) is 25.3 Å². The summed E-state index contributed by atoms with van der Waals surface area (Å²) in [7, 11) is 0. The lowest BCUT2D eigenvalue weighted by Gasteiger charge is -2.20. The van der Waals surface area contributed by atoms with E-state index in [0.717, 1.165) is 32.1 Å². The van der Waals surface area contributed by atoms with Crippen LogP contribution in [0.4, 0.5) is 0 Å². The van der Waals surface area contributed by atoms with Crippen LogP contribution in [0.2, 0.25) is 0 Å². The number of aliphatic hydroxyl groups excluding tert-OH is 2. The Balaban J connectivity index is 3.67. The van der Waals surface area contributed by atoms with Crippen molar-refractivity contribution in [2.75, 3.05) is 6.61 Å². The first-order valence-corrected chi connectivity index (χ1v) is 7.19. The molecule has 0 aliphatic heterocycles. The van der Waals surface area contributed by atoms with Gasteiger partial charge >= 0.3 is 0 Å². The van der Waals surface area contributed by atoms with E-state index in [1.165, 1.54) is 0 Å². The van der Waals surface area contributed by atoms with Crippen molar-refractivity contribution in [3.8, 4) is 0 Å². The third-order valence-corrected chi connectivity index (χ3v) is 4.14. The first-order chi connectivity index (χ1) is 7.51. The molecule has 0 rings (SSSR count). The zero-order valence-electron chi connectivity index (χ0n) is 10.3. The van der Waals surface area contributed by atoms with Gasteiger partial charge in [0.15, 0.2) is 0 Å². The summed E-state index contributed by atoms with van der Waals surface area (Å²) in [5, 5.41) is 19.2. The second-order valence-electron chi connectivity index (χ2n) is 4.64. The molecular weight excluding hydrogens is 240 g/mol. The first kappa shape index (κ1) is 16.6. The molecule has 0 aliphatic rings. The molecule has 2 N–H and O–H groups in total. The Labute approximate surface area is 111 Å². The lowest BCUT2D eigenvalue weighted by Crippen LogP contribution is -2.20. The summed E-state index contributed by atoms with van der Waals surface area (Å²) in [6, 6.07) is 0. The molecule has 2 nitrogen and oxygen atoms in total. The van der Waals surface area contributed by atoms with Crippen molar-refractivity contribution < 1.29 is 10.2 Å². The van der Waals surface area contributed by atoms with Crippen LogP contribution in [0.15, 0.2) is 0 Å². The summed E-state index contributed by atoms with van der Waals surface area (Å²) in [5.41, 5.74) is 0. The van der Waals surface area contributed by atoms with Crippen molar-refractivity contribution in [3.63, 3.8) is 0 Å². The van der Waals surface area contributed by atoms with Crippen LogP contribution < -0.4 is 0 Å². The highest BCUT2D eigenvalue weighted by Gasteiger charge is 2.16. The van der Waals surface area contributed by atoms with Gasteiger partial charge in [0.2, 0.25) is 0 Å². The van der Waals surface area contributed by atoms with E-state index in [4.69, 9.17) is 5.11 Å². The third-order valence-electron chi connectivity index (χ3n) is 2.91. The fourth-order valence-corrected chi connectivity index (χ4v) is 2.40. The molecule has 98 valence electrons. The molecule has 0 aliphatic carbocycles. The van der Waals surface area contributed by atoms with E-state index in [2.05, 4.69) is 32.2 Å². The molecule has 4 atom stereocenters. The molecule has 16 heavy (non-hydrogen) atoms. The van der Waals surface area contributed by atoms with Gasteiger partial charge in [0.25, 0.3) is 0 Å². The molecule has 0 aromatic rings. The zero-order valence-corrected chi connectivity index (χ0v) is 12.1. The van der Waals surface area contributed by atoms with Crippen LogP contribution in [0.3, 0.4) is 0 Å². The lowest BCUT2D eigenvalue weighted by molar-refractivity contribution is 0.145. The van der Waals surface area contributed by atoms with Gasteiger partial charge in [-0.25, -0.2) is 0 Å². The van der Waals surface area contributed by atoms with Crippen molar-refractivity contribution in [2.24, 2.45) is 5.92 Å². The monoisotopic (exact) mass is 266 g/mol.